The van der Waals surface area contributed by atoms with Gasteiger partial charge in [-0.05, 0) is 36.9 Å². The molecule has 0 aliphatic heterocycles. The van der Waals surface area contributed by atoms with E-state index in [1.165, 1.54) is 29.5 Å². The van der Waals surface area contributed by atoms with Gasteiger partial charge in [-0.15, -0.1) is 0 Å². The molecule has 0 amide bonds. The molecule has 3 rings (SSSR count). The fourth-order valence-electron chi connectivity index (χ4n) is 2.93. The van der Waals surface area contributed by atoms with Crippen LogP contribution >= 0.6 is 0 Å². The van der Waals surface area contributed by atoms with Crippen LogP contribution in [0, 0.1) is 0 Å². The van der Waals surface area contributed by atoms with Gasteiger partial charge in [0, 0.05) is 37.9 Å². The maximum Gasteiger partial charge on any atom is 0.0534 e. The summed E-state index contributed by atoms with van der Waals surface area (Å²) < 4.78 is 1.84. The van der Waals surface area contributed by atoms with Gasteiger partial charge in [0.1, 0.15) is 0 Å². The summed E-state index contributed by atoms with van der Waals surface area (Å²) in [5.41, 5.74) is 10.0. The maximum atomic E-state index is 6.01. The molecule has 0 spiro atoms. The Labute approximate surface area is 126 Å². The van der Waals surface area contributed by atoms with Gasteiger partial charge < -0.3 is 5.73 Å². The molecule has 0 bridgehead atoms. The fraction of sp³-hybridized carbons (Fsp3) is 0.471. The smallest absolute Gasteiger partial charge is 0.0534 e. The lowest BCUT2D eigenvalue weighted by molar-refractivity contribution is 0.241. The van der Waals surface area contributed by atoms with Crippen molar-refractivity contribution in [2.75, 3.05) is 13.6 Å². The molecule has 0 radical (unpaired) electrons. The molecule has 21 heavy (non-hydrogen) atoms. The summed E-state index contributed by atoms with van der Waals surface area (Å²) in [5.74, 6) is 0.809. The third-order valence-corrected chi connectivity index (χ3v) is 4.32. The van der Waals surface area contributed by atoms with Crippen LogP contribution in [-0.2, 0) is 13.6 Å². The molecule has 112 valence electrons. The second-order valence-corrected chi connectivity index (χ2v) is 6.13. The summed E-state index contributed by atoms with van der Waals surface area (Å²) >= 11 is 0. The van der Waals surface area contributed by atoms with Gasteiger partial charge >= 0.3 is 0 Å². The Bertz CT molecular complexity index is 583. The quantitative estimate of drug-likeness (QED) is 0.886. The standard InChI is InChI=1S/C17H24N4/c1-20(11-13-10-19-21(2)12-13)17(9-18)16-7-5-15(6-8-16)14-3-4-14/h5-8,10,12,14,17H,3-4,9,11,18H2,1-2H3. The summed E-state index contributed by atoms with van der Waals surface area (Å²) in [6, 6.07) is 9.27. The number of likely N-dealkylation sites (N-methyl/N-ethyl adjacent to an activating group) is 1. The summed E-state index contributed by atoms with van der Waals surface area (Å²) in [4.78, 5) is 2.29. The largest absolute Gasteiger partial charge is 0.329 e. The van der Waals surface area contributed by atoms with Crippen molar-refractivity contribution in [3.63, 3.8) is 0 Å². The van der Waals surface area contributed by atoms with E-state index < -0.39 is 0 Å². The van der Waals surface area contributed by atoms with Crippen molar-refractivity contribution >= 4 is 0 Å². The van der Waals surface area contributed by atoms with Gasteiger partial charge in [0.25, 0.3) is 0 Å². The van der Waals surface area contributed by atoms with Gasteiger partial charge in [-0.1, -0.05) is 24.3 Å². The highest BCUT2D eigenvalue weighted by Crippen LogP contribution is 2.40. The Morgan fingerprint density at radius 3 is 2.57 bits per heavy atom. The zero-order valence-electron chi connectivity index (χ0n) is 12.9. The topological polar surface area (TPSA) is 47.1 Å². The van der Waals surface area contributed by atoms with E-state index >= 15 is 0 Å². The lowest BCUT2D eigenvalue weighted by Crippen LogP contribution is -2.30. The molecule has 0 saturated heterocycles. The molecular formula is C17H24N4. The van der Waals surface area contributed by atoms with Crippen molar-refractivity contribution in [1.29, 1.82) is 0 Å². The zero-order valence-corrected chi connectivity index (χ0v) is 12.9. The predicted octanol–water partition coefficient (Wildman–Crippen LogP) is 2.43. The third kappa shape index (κ3) is 3.34. The highest BCUT2D eigenvalue weighted by atomic mass is 15.2. The Morgan fingerprint density at radius 2 is 2.05 bits per heavy atom. The van der Waals surface area contributed by atoms with E-state index in [1.54, 1.807) is 0 Å². The fourth-order valence-corrected chi connectivity index (χ4v) is 2.93. The van der Waals surface area contributed by atoms with Crippen molar-refractivity contribution in [3.8, 4) is 0 Å². The van der Waals surface area contributed by atoms with E-state index in [0.29, 0.717) is 6.54 Å². The highest BCUT2D eigenvalue weighted by Gasteiger charge is 2.24. The van der Waals surface area contributed by atoms with Gasteiger partial charge in [-0.2, -0.15) is 5.10 Å². The van der Waals surface area contributed by atoms with Gasteiger partial charge in [0.15, 0.2) is 0 Å². The second-order valence-electron chi connectivity index (χ2n) is 6.13. The van der Waals surface area contributed by atoms with E-state index in [9.17, 15) is 0 Å². The Hall–Kier alpha value is -1.65. The van der Waals surface area contributed by atoms with Crippen LogP contribution in [-0.4, -0.2) is 28.3 Å². The van der Waals surface area contributed by atoms with Crippen molar-refractivity contribution in [2.24, 2.45) is 12.8 Å². The average Bonchev–Trinajstić information content (AvgIpc) is 3.24. The molecule has 1 unspecified atom stereocenters. The molecule has 2 aromatic rings. The number of aryl methyl sites for hydroxylation is 1. The van der Waals surface area contributed by atoms with Crippen LogP contribution in [0.5, 0.6) is 0 Å². The summed E-state index contributed by atoms with van der Waals surface area (Å²) in [7, 11) is 4.07. The molecular weight excluding hydrogens is 260 g/mol. The highest BCUT2D eigenvalue weighted by molar-refractivity contribution is 5.30. The van der Waals surface area contributed by atoms with Crippen LogP contribution in [0.1, 0.15) is 41.5 Å². The van der Waals surface area contributed by atoms with E-state index in [4.69, 9.17) is 5.73 Å². The van der Waals surface area contributed by atoms with Crippen LogP contribution < -0.4 is 5.73 Å². The molecule has 1 aliphatic rings. The van der Waals surface area contributed by atoms with E-state index in [0.717, 1.165) is 12.5 Å². The first kappa shape index (κ1) is 14.3. The zero-order chi connectivity index (χ0) is 14.8. The number of aromatic nitrogens is 2. The first-order valence-electron chi connectivity index (χ1n) is 7.65. The average molecular weight is 284 g/mol. The summed E-state index contributed by atoms with van der Waals surface area (Å²) in [6.07, 6.45) is 6.67. The number of rotatable bonds is 6. The first-order chi connectivity index (χ1) is 10.2. The summed E-state index contributed by atoms with van der Waals surface area (Å²) in [5, 5.41) is 4.22. The number of benzene rings is 1. The van der Waals surface area contributed by atoms with Gasteiger partial charge in [0.2, 0.25) is 0 Å². The molecule has 1 aromatic carbocycles. The predicted molar refractivity (Wildman–Crippen MR) is 84.9 cm³/mol. The van der Waals surface area contributed by atoms with Gasteiger partial charge in [-0.25, -0.2) is 0 Å². The minimum Gasteiger partial charge on any atom is -0.329 e. The molecule has 1 heterocycles. The number of hydrogen-bond donors (Lipinski definition) is 1. The Morgan fingerprint density at radius 1 is 1.33 bits per heavy atom. The van der Waals surface area contributed by atoms with Crippen molar-refractivity contribution in [2.45, 2.75) is 31.3 Å². The molecule has 4 nitrogen and oxygen atoms in total. The van der Waals surface area contributed by atoms with Crippen molar-refractivity contribution < 1.29 is 0 Å². The molecule has 4 heteroatoms. The molecule has 1 aliphatic carbocycles. The summed E-state index contributed by atoms with van der Waals surface area (Å²) in [6.45, 7) is 1.49. The van der Waals surface area contributed by atoms with E-state index in [-0.39, 0.29) is 6.04 Å². The Balaban J connectivity index is 1.70. The second kappa shape index (κ2) is 6.00. The molecule has 1 fully saturated rings. The molecule has 1 saturated carbocycles. The van der Waals surface area contributed by atoms with Crippen LogP contribution in [0.25, 0.3) is 0 Å². The minimum absolute atomic E-state index is 0.249. The van der Waals surface area contributed by atoms with Gasteiger partial charge in [-0.3, -0.25) is 9.58 Å². The van der Waals surface area contributed by atoms with Crippen LogP contribution in [0.3, 0.4) is 0 Å². The normalized spacial score (nSPS) is 16.4. The lowest BCUT2D eigenvalue weighted by atomic mass is 10.0. The van der Waals surface area contributed by atoms with Crippen molar-refractivity contribution in [1.82, 2.24) is 14.7 Å². The maximum absolute atomic E-state index is 6.01. The van der Waals surface area contributed by atoms with Crippen LogP contribution in [0.15, 0.2) is 36.7 Å². The number of nitrogens with two attached hydrogens (primary N) is 1. The lowest BCUT2D eigenvalue weighted by Gasteiger charge is -2.27. The van der Waals surface area contributed by atoms with E-state index in [1.807, 2.05) is 17.9 Å². The molecule has 2 N–H and O–H groups in total. The minimum atomic E-state index is 0.249. The monoisotopic (exact) mass is 284 g/mol. The van der Waals surface area contributed by atoms with Gasteiger partial charge in [0.05, 0.1) is 6.20 Å². The first-order valence-corrected chi connectivity index (χ1v) is 7.65. The third-order valence-electron chi connectivity index (χ3n) is 4.32. The van der Waals surface area contributed by atoms with Crippen molar-refractivity contribution in [3.05, 3.63) is 53.3 Å². The van der Waals surface area contributed by atoms with Crippen LogP contribution in [0.4, 0.5) is 0 Å². The molecule has 1 atom stereocenters. The SMILES string of the molecule is CN(Cc1cnn(C)c1)C(CN)c1ccc(C2CC2)cc1. The van der Waals surface area contributed by atoms with Crippen LogP contribution in [0.2, 0.25) is 0 Å². The van der Waals surface area contributed by atoms with E-state index in [2.05, 4.69) is 47.5 Å². The molecule has 1 aromatic heterocycles. The Kier molecular flexibility index (Phi) is 4.08. The number of hydrogen-bond acceptors (Lipinski definition) is 3. The number of nitrogens with zero attached hydrogens (tertiary/aromatic N) is 3.